The minimum atomic E-state index is -0.0927. The Morgan fingerprint density at radius 3 is 2.21 bits per heavy atom. The Labute approximate surface area is 87.0 Å². The number of rotatable bonds is 7. The van der Waals surface area contributed by atoms with Crippen molar-refractivity contribution in [2.45, 2.75) is 52.6 Å². The summed E-state index contributed by atoms with van der Waals surface area (Å²) in [6, 6.07) is 0. The molecule has 0 aromatic rings. The maximum Gasteiger partial charge on any atom is 0.164 e. The quantitative estimate of drug-likeness (QED) is 0.628. The highest BCUT2D eigenvalue weighted by molar-refractivity contribution is 5.86. The lowest BCUT2D eigenvalue weighted by molar-refractivity contribution is -0.136. The van der Waals surface area contributed by atoms with Crippen molar-refractivity contribution in [3.8, 4) is 0 Å². The molecule has 1 atom stereocenters. The normalized spacial score (nSPS) is 18.6. The van der Waals surface area contributed by atoms with E-state index in [4.69, 9.17) is 4.74 Å². The van der Waals surface area contributed by atoms with E-state index < -0.39 is 0 Å². The highest BCUT2D eigenvalue weighted by Crippen LogP contribution is 2.36. The first-order chi connectivity index (χ1) is 6.74. The highest BCUT2D eigenvalue weighted by Gasteiger charge is 2.38. The molecule has 2 heteroatoms. The van der Waals surface area contributed by atoms with Gasteiger partial charge in [-0.1, -0.05) is 13.8 Å². The molecule has 0 aliphatic heterocycles. The van der Waals surface area contributed by atoms with Crippen LogP contribution >= 0.6 is 0 Å². The number of ketones is 1. The fraction of sp³-hybridized carbons (Fsp3) is 0.917. The van der Waals surface area contributed by atoms with Crippen LogP contribution in [0.25, 0.3) is 0 Å². The Kier molecular flexibility index (Phi) is 4.59. The summed E-state index contributed by atoms with van der Waals surface area (Å²) in [5, 5.41) is 0. The summed E-state index contributed by atoms with van der Waals surface area (Å²) in [4.78, 5) is 12.1. The van der Waals surface area contributed by atoms with Gasteiger partial charge in [0.2, 0.25) is 0 Å². The van der Waals surface area contributed by atoms with E-state index in [-0.39, 0.29) is 12.0 Å². The Bertz CT molecular complexity index is 181. The Balaban J connectivity index is 2.52. The van der Waals surface area contributed by atoms with Gasteiger partial charge in [-0.3, -0.25) is 4.79 Å². The van der Waals surface area contributed by atoms with Gasteiger partial charge in [0.05, 0.1) is 0 Å². The lowest BCUT2D eigenvalue weighted by Gasteiger charge is -2.20. The van der Waals surface area contributed by atoms with Gasteiger partial charge in [-0.05, 0) is 38.5 Å². The third kappa shape index (κ3) is 2.81. The van der Waals surface area contributed by atoms with Crippen LogP contribution in [0.15, 0.2) is 0 Å². The summed E-state index contributed by atoms with van der Waals surface area (Å²) in [5.74, 6) is 1.09. The number of carbonyl (C=O) groups is 1. The summed E-state index contributed by atoms with van der Waals surface area (Å²) in [6.07, 6.45) is 4.16. The zero-order valence-electron chi connectivity index (χ0n) is 9.58. The molecule has 0 saturated heterocycles. The van der Waals surface area contributed by atoms with Crippen molar-refractivity contribution < 1.29 is 9.53 Å². The van der Waals surface area contributed by atoms with E-state index in [1.807, 2.05) is 6.92 Å². The molecule has 1 aliphatic carbocycles. The monoisotopic (exact) mass is 198 g/mol. The summed E-state index contributed by atoms with van der Waals surface area (Å²) >= 11 is 0. The molecular weight excluding hydrogens is 176 g/mol. The van der Waals surface area contributed by atoms with Crippen molar-refractivity contribution in [2.24, 2.45) is 11.8 Å². The lowest BCUT2D eigenvalue weighted by atomic mass is 9.92. The van der Waals surface area contributed by atoms with Gasteiger partial charge in [0, 0.05) is 12.5 Å². The van der Waals surface area contributed by atoms with Crippen molar-refractivity contribution in [2.75, 3.05) is 6.61 Å². The molecule has 82 valence electrons. The summed E-state index contributed by atoms with van der Waals surface area (Å²) in [5.41, 5.74) is 0. The van der Waals surface area contributed by atoms with Gasteiger partial charge in [0.25, 0.3) is 0 Å². The number of hydrogen-bond donors (Lipinski definition) is 0. The first kappa shape index (κ1) is 11.7. The molecule has 1 aliphatic rings. The smallest absolute Gasteiger partial charge is 0.164 e. The first-order valence-corrected chi connectivity index (χ1v) is 5.89. The minimum absolute atomic E-state index is 0.0927. The van der Waals surface area contributed by atoms with E-state index >= 15 is 0 Å². The fourth-order valence-corrected chi connectivity index (χ4v) is 1.95. The number of ether oxygens (including phenoxy) is 1. The number of hydrogen-bond acceptors (Lipinski definition) is 2. The van der Waals surface area contributed by atoms with Gasteiger partial charge in [-0.15, -0.1) is 0 Å². The molecule has 14 heavy (non-hydrogen) atoms. The second kappa shape index (κ2) is 5.50. The van der Waals surface area contributed by atoms with Crippen molar-refractivity contribution in [3.63, 3.8) is 0 Å². The maximum absolute atomic E-state index is 12.1. The van der Waals surface area contributed by atoms with Crippen LogP contribution in [0, 0.1) is 11.8 Å². The molecule has 0 heterocycles. The molecule has 1 rings (SSSR count). The fourth-order valence-electron chi connectivity index (χ4n) is 1.95. The third-order valence-corrected chi connectivity index (χ3v) is 3.06. The Hall–Kier alpha value is -0.370. The molecule has 1 unspecified atom stereocenters. The van der Waals surface area contributed by atoms with E-state index in [9.17, 15) is 4.79 Å². The van der Waals surface area contributed by atoms with Crippen LogP contribution in [0.5, 0.6) is 0 Å². The number of Topliss-reactive ketones (excluding diaryl/α,β-unsaturated/α-hetero) is 1. The predicted molar refractivity (Wildman–Crippen MR) is 57.2 cm³/mol. The first-order valence-electron chi connectivity index (χ1n) is 5.89. The molecule has 2 nitrogen and oxygen atoms in total. The van der Waals surface area contributed by atoms with E-state index in [2.05, 4.69) is 13.8 Å². The molecule has 0 bridgehead atoms. The van der Waals surface area contributed by atoms with Crippen LogP contribution in [0.2, 0.25) is 0 Å². The van der Waals surface area contributed by atoms with E-state index in [1.165, 1.54) is 12.8 Å². The van der Waals surface area contributed by atoms with Gasteiger partial charge in [-0.2, -0.15) is 0 Å². The zero-order valence-corrected chi connectivity index (χ0v) is 9.58. The van der Waals surface area contributed by atoms with Gasteiger partial charge in [0.15, 0.2) is 5.78 Å². The molecular formula is C12H22O2. The highest BCUT2D eigenvalue weighted by atomic mass is 16.5. The summed E-state index contributed by atoms with van der Waals surface area (Å²) in [6.45, 7) is 6.80. The second-order valence-corrected chi connectivity index (χ2v) is 4.13. The van der Waals surface area contributed by atoms with Crippen LogP contribution in [0.1, 0.15) is 46.5 Å². The van der Waals surface area contributed by atoms with Crippen molar-refractivity contribution in [3.05, 3.63) is 0 Å². The third-order valence-electron chi connectivity index (χ3n) is 3.06. The van der Waals surface area contributed by atoms with Crippen LogP contribution in [-0.2, 0) is 9.53 Å². The zero-order chi connectivity index (χ0) is 10.6. The van der Waals surface area contributed by atoms with Crippen molar-refractivity contribution in [1.29, 1.82) is 0 Å². The molecule has 0 radical (unpaired) electrons. The molecule has 0 spiro atoms. The minimum Gasteiger partial charge on any atom is -0.370 e. The molecule has 1 saturated carbocycles. The molecule has 1 fully saturated rings. The average Bonchev–Trinajstić information content (AvgIpc) is 2.99. The van der Waals surface area contributed by atoms with Gasteiger partial charge >= 0.3 is 0 Å². The van der Waals surface area contributed by atoms with Crippen LogP contribution < -0.4 is 0 Å². The molecule has 0 aromatic heterocycles. The van der Waals surface area contributed by atoms with E-state index in [0.717, 1.165) is 12.8 Å². The van der Waals surface area contributed by atoms with Crippen molar-refractivity contribution in [1.82, 2.24) is 0 Å². The maximum atomic E-state index is 12.1. The van der Waals surface area contributed by atoms with E-state index in [1.54, 1.807) is 0 Å². The van der Waals surface area contributed by atoms with Crippen LogP contribution in [0.4, 0.5) is 0 Å². The average molecular weight is 198 g/mol. The van der Waals surface area contributed by atoms with Crippen LogP contribution in [-0.4, -0.2) is 18.5 Å². The SMILES string of the molecule is CCOC(C(=O)C(CC)CC)C1CC1. The van der Waals surface area contributed by atoms with Gasteiger partial charge < -0.3 is 4.74 Å². The topological polar surface area (TPSA) is 26.3 Å². The Morgan fingerprint density at radius 2 is 1.86 bits per heavy atom. The summed E-state index contributed by atoms with van der Waals surface area (Å²) in [7, 11) is 0. The standard InChI is InChI=1S/C12H22O2/c1-4-9(5-2)11(13)12(14-6-3)10-7-8-10/h9-10,12H,4-8H2,1-3H3. The lowest BCUT2D eigenvalue weighted by Crippen LogP contribution is -2.32. The van der Waals surface area contributed by atoms with Gasteiger partial charge in [-0.25, -0.2) is 0 Å². The molecule has 0 aromatic carbocycles. The van der Waals surface area contributed by atoms with Crippen molar-refractivity contribution >= 4 is 5.78 Å². The largest absolute Gasteiger partial charge is 0.370 e. The second-order valence-electron chi connectivity index (χ2n) is 4.13. The van der Waals surface area contributed by atoms with Crippen LogP contribution in [0.3, 0.4) is 0 Å². The number of carbonyl (C=O) groups excluding carboxylic acids is 1. The van der Waals surface area contributed by atoms with Gasteiger partial charge in [0.1, 0.15) is 6.10 Å². The molecule has 0 N–H and O–H groups in total. The Morgan fingerprint density at radius 1 is 1.29 bits per heavy atom. The predicted octanol–water partition coefficient (Wildman–Crippen LogP) is 2.81. The molecule has 0 amide bonds. The van der Waals surface area contributed by atoms with E-state index in [0.29, 0.717) is 18.3 Å². The summed E-state index contributed by atoms with van der Waals surface area (Å²) < 4.78 is 5.56.